The Morgan fingerprint density at radius 2 is 1.66 bits per heavy atom. The van der Waals surface area contributed by atoms with Crippen molar-refractivity contribution in [3.63, 3.8) is 0 Å². The molecule has 1 heterocycles. The number of hydrogen-bond donors (Lipinski definition) is 1. The zero-order valence-electron chi connectivity index (χ0n) is 22.5. The molecule has 0 unspecified atom stereocenters. The Bertz CT molecular complexity index is 1630. The smallest absolute Gasteiger partial charge is 0.339 e. The van der Waals surface area contributed by atoms with Gasteiger partial charge in [-0.3, -0.25) is 19.8 Å². The van der Waals surface area contributed by atoms with E-state index >= 15 is 0 Å². The SMILES string of the molecule is CCCOc1ccc(CN2C(=O)NC(=O)/C(=C\c3ccc(OS(=O)(=O)c4ccc(C)cc4)c(Cl)c3)C2=O)cc1OC. The molecule has 0 aromatic heterocycles. The summed E-state index contributed by atoms with van der Waals surface area (Å²) >= 11 is 6.28. The Balaban J connectivity index is 1.55. The van der Waals surface area contributed by atoms with Crippen LogP contribution in [0.2, 0.25) is 5.02 Å². The summed E-state index contributed by atoms with van der Waals surface area (Å²) in [5.74, 6) is -0.864. The molecule has 4 amide bonds. The molecule has 1 N–H and O–H groups in total. The van der Waals surface area contributed by atoms with Gasteiger partial charge in [0, 0.05) is 0 Å². The molecular formula is C29H27ClN2O8S. The summed E-state index contributed by atoms with van der Waals surface area (Å²) in [5, 5.41) is 2.10. The van der Waals surface area contributed by atoms with Crippen LogP contribution in [0.15, 0.2) is 71.1 Å². The van der Waals surface area contributed by atoms with E-state index in [2.05, 4.69) is 5.32 Å². The second-order valence-electron chi connectivity index (χ2n) is 9.08. The highest BCUT2D eigenvalue weighted by Crippen LogP contribution is 2.31. The molecule has 0 bridgehead atoms. The third-order valence-electron chi connectivity index (χ3n) is 5.99. The summed E-state index contributed by atoms with van der Waals surface area (Å²) < 4.78 is 41.5. The van der Waals surface area contributed by atoms with Gasteiger partial charge in [-0.05, 0) is 66.9 Å². The number of urea groups is 1. The number of halogens is 1. The van der Waals surface area contributed by atoms with Gasteiger partial charge in [-0.1, -0.05) is 48.4 Å². The van der Waals surface area contributed by atoms with Crippen molar-refractivity contribution in [2.75, 3.05) is 13.7 Å². The molecule has 214 valence electrons. The van der Waals surface area contributed by atoms with Gasteiger partial charge in [0.15, 0.2) is 17.2 Å². The third-order valence-corrected chi connectivity index (χ3v) is 7.54. The molecule has 12 heteroatoms. The summed E-state index contributed by atoms with van der Waals surface area (Å²) in [6, 6.07) is 14.4. The molecule has 3 aromatic rings. The van der Waals surface area contributed by atoms with Crippen molar-refractivity contribution in [1.29, 1.82) is 0 Å². The number of carbonyl (C=O) groups excluding carboxylic acids is 3. The average Bonchev–Trinajstić information content (AvgIpc) is 2.94. The molecule has 0 saturated carbocycles. The maximum Gasteiger partial charge on any atom is 0.339 e. The van der Waals surface area contributed by atoms with Gasteiger partial charge in [-0.2, -0.15) is 8.42 Å². The Hall–Kier alpha value is -4.35. The number of nitrogens with zero attached hydrogens (tertiary/aromatic N) is 1. The van der Waals surface area contributed by atoms with Crippen LogP contribution in [-0.2, 0) is 26.3 Å². The van der Waals surface area contributed by atoms with Gasteiger partial charge in [-0.25, -0.2) is 4.79 Å². The lowest BCUT2D eigenvalue weighted by atomic mass is 10.1. The first-order valence-electron chi connectivity index (χ1n) is 12.5. The van der Waals surface area contributed by atoms with Crippen LogP contribution in [0.4, 0.5) is 4.79 Å². The van der Waals surface area contributed by atoms with Crippen LogP contribution in [-0.4, -0.2) is 44.9 Å². The first kappa shape index (κ1) is 29.6. The lowest BCUT2D eigenvalue weighted by Gasteiger charge is -2.26. The van der Waals surface area contributed by atoms with Crippen LogP contribution in [0.25, 0.3) is 6.08 Å². The first-order chi connectivity index (χ1) is 19.5. The zero-order chi connectivity index (χ0) is 29.7. The van der Waals surface area contributed by atoms with Crippen molar-refractivity contribution in [2.45, 2.75) is 31.7 Å². The van der Waals surface area contributed by atoms with E-state index in [-0.39, 0.29) is 27.8 Å². The molecule has 4 rings (SSSR count). The summed E-state index contributed by atoms with van der Waals surface area (Å²) in [4.78, 5) is 39.2. The Morgan fingerprint density at radius 1 is 0.951 bits per heavy atom. The highest BCUT2D eigenvalue weighted by Gasteiger charge is 2.36. The van der Waals surface area contributed by atoms with Gasteiger partial charge in [-0.15, -0.1) is 0 Å². The number of imide groups is 2. The van der Waals surface area contributed by atoms with E-state index in [4.69, 9.17) is 25.3 Å². The second kappa shape index (κ2) is 12.4. The Labute approximate surface area is 242 Å². The second-order valence-corrected chi connectivity index (χ2v) is 11.0. The number of rotatable bonds is 10. The van der Waals surface area contributed by atoms with E-state index in [1.165, 1.54) is 43.5 Å². The Morgan fingerprint density at radius 3 is 2.32 bits per heavy atom. The average molecular weight is 599 g/mol. The van der Waals surface area contributed by atoms with Crippen LogP contribution in [0.3, 0.4) is 0 Å². The van der Waals surface area contributed by atoms with E-state index in [0.29, 0.717) is 29.2 Å². The molecule has 1 saturated heterocycles. The summed E-state index contributed by atoms with van der Waals surface area (Å²) in [6.45, 7) is 4.16. The van der Waals surface area contributed by atoms with E-state index in [0.717, 1.165) is 16.9 Å². The molecular weight excluding hydrogens is 572 g/mol. The maximum absolute atomic E-state index is 13.2. The summed E-state index contributed by atoms with van der Waals surface area (Å²) in [5.41, 5.74) is 1.45. The molecule has 1 fully saturated rings. The van der Waals surface area contributed by atoms with Crippen LogP contribution < -0.4 is 19.0 Å². The van der Waals surface area contributed by atoms with E-state index in [1.54, 1.807) is 30.3 Å². The lowest BCUT2D eigenvalue weighted by molar-refractivity contribution is -0.130. The number of aryl methyl sites for hydroxylation is 1. The van der Waals surface area contributed by atoms with Crippen molar-refractivity contribution in [2.24, 2.45) is 0 Å². The number of amides is 4. The van der Waals surface area contributed by atoms with Crippen LogP contribution in [0.5, 0.6) is 17.2 Å². The molecule has 1 aliphatic rings. The van der Waals surface area contributed by atoms with Gasteiger partial charge < -0.3 is 13.7 Å². The first-order valence-corrected chi connectivity index (χ1v) is 14.3. The van der Waals surface area contributed by atoms with Gasteiger partial charge >= 0.3 is 16.1 Å². The monoisotopic (exact) mass is 598 g/mol. The summed E-state index contributed by atoms with van der Waals surface area (Å²) in [7, 11) is -2.66. The minimum atomic E-state index is -4.15. The van der Waals surface area contributed by atoms with E-state index < -0.39 is 28.0 Å². The third kappa shape index (κ3) is 6.87. The van der Waals surface area contributed by atoms with Crippen LogP contribution in [0.1, 0.15) is 30.0 Å². The molecule has 0 radical (unpaired) electrons. The number of benzene rings is 3. The lowest BCUT2D eigenvalue weighted by Crippen LogP contribution is -2.53. The fourth-order valence-electron chi connectivity index (χ4n) is 3.87. The normalized spacial score (nSPS) is 14.7. The van der Waals surface area contributed by atoms with Crippen LogP contribution in [0, 0.1) is 6.92 Å². The van der Waals surface area contributed by atoms with Gasteiger partial charge in [0.2, 0.25) is 0 Å². The fraction of sp³-hybridized carbons (Fsp3) is 0.207. The van der Waals surface area contributed by atoms with Gasteiger partial charge in [0.25, 0.3) is 11.8 Å². The Kier molecular flexibility index (Phi) is 8.99. The van der Waals surface area contributed by atoms with Crippen molar-refractivity contribution in [3.8, 4) is 17.2 Å². The number of methoxy groups -OCH3 is 1. The quantitative estimate of drug-likeness (QED) is 0.199. The molecule has 41 heavy (non-hydrogen) atoms. The number of hydrogen-bond acceptors (Lipinski definition) is 8. The fourth-order valence-corrected chi connectivity index (χ4v) is 5.09. The largest absolute Gasteiger partial charge is 0.493 e. The van der Waals surface area contributed by atoms with Crippen molar-refractivity contribution < 1.29 is 36.5 Å². The molecule has 0 aliphatic carbocycles. The van der Waals surface area contributed by atoms with Crippen molar-refractivity contribution >= 4 is 45.6 Å². The zero-order valence-corrected chi connectivity index (χ0v) is 24.0. The topological polar surface area (TPSA) is 128 Å². The summed E-state index contributed by atoms with van der Waals surface area (Å²) in [6.07, 6.45) is 2.06. The number of barbiturate groups is 1. The standard InChI is InChI=1S/C29H27ClN2O8S/c1-4-13-39-25-12-8-20(16-26(25)38-3)17-32-28(34)22(27(33)31-29(32)35)14-19-7-11-24(23(30)15-19)40-41(36,37)21-9-5-18(2)6-10-21/h5-12,14-16H,4,13,17H2,1-3H3,(H,31,33,35)/b22-14+. The highest BCUT2D eigenvalue weighted by molar-refractivity contribution is 7.87. The minimum absolute atomic E-state index is 0.0414. The van der Waals surface area contributed by atoms with E-state index in [9.17, 15) is 22.8 Å². The molecule has 10 nitrogen and oxygen atoms in total. The highest BCUT2D eigenvalue weighted by atomic mass is 35.5. The predicted molar refractivity (Wildman–Crippen MR) is 151 cm³/mol. The molecule has 0 spiro atoms. The van der Waals surface area contributed by atoms with Gasteiger partial charge in [0.05, 0.1) is 25.3 Å². The van der Waals surface area contributed by atoms with E-state index in [1.807, 2.05) is 13.8 Å². The van der Waals surface area contributed by atoms with Crippen molar-refractivity contribution in [1.82, 2.24) is 10.2 Å². The molecule has 0 atom stereocenters. The molecule has 3 aromatic carbocycles. The van der Waals surface area contributed by atoms with Gasteiger partial charge in [0.1, 0.15) is 10.5 Å². The number of nitrogens with one attached hydrogen (secondary N) is 1. The van der Waals surface area contributed by atoms with Crippen LogP contribution >= 0.6 is 11.6 Å². The minimum Gasteiger partial charge on any atom is -0.493 e. The maximum atomic E-state index is 13.2. The molecule has 1 aliphatic heterocycles. The predicted octanol–water partition coefficient (Wildman–Crippen LogP) is 4.88. The number of carbonyl (C=O) groups is 3. The number of ether oxygens (including phenoxy) is 2. The van der Waals surface area contributed by atoms with Crippen molar-refractivity contribution in [3.05, 3.63) is 87.9 Å².